The summed E-state index contributed by atoms with van der Waals surface area (Å²) in [6.07, 6.45) is 0.987. The number of para-hydroxylation sites is 1. The van der Waals surface area contributed by atoms with Crippen LogP contribution in [0.3, 0.4) is 0 Å². The van der Waals surface area contributed by atoms with E-state index in [1.54, 1.807) is 29.2 Å². The highest BCUT2D eigenvalue weighted by Gasteiger charge is 2.25. The van der Waals surface area contributed by atoms with Crippen molar-refractivity contribution in [3.63, 3.8) is 0 Å². The number of benzene rings is 2. The van der Waals surface area contributed by atoms with Gasteiger partial charge in [0.15, 0.2) is 0 Å². The van der Waals surface area contributed by atoms with Crippen molar-refractivity contribution in [1.82, 2.24) is 5.32 Å². The third-order valence-electron chi connectivity index (χ3n) is 5.20. The van der Waals surface area contributed by atoms with E-state index >= 15 is 0 Å². The molecule has 2 heterocycles. The van der Waals surface area contributed by atoms with Crippen LogP contribution in [0.15, 0.2) is 66.0 Å². The Morgan fingerprint density at radius 2 is 1.81 bits per heavy atom. The molecule has 158 valence electrons. The lowest BCUT2D eigenvalue weighted by Gasteiger charge is -2.18. The maximum atomic E-state index is 12.9. The van der Waals surface area contributed by atoms with Crippen LogP contribution in [0.5, 0.6) is 0 Å². The zero-order chi connectivity index (χ0) is 21.8. The van der Waals surface area contributed by atoms with Crippen molar-refractivity contribution in [3.8, 4) is 0 Å². The summed E-state index contributed by atoms with van der Waals surface area (Å²) >= 11 is 1.50. The lowest BCUT2D eigenvalue weighted by molar-refractivity contribution is -0.120. The molecule has 1 unspecified atom stereocenters. The minimum Gasteiger partial charge on any atom is -0.348 e. The number of nitrogens with one attached hydrogen (secondary N) is 2. The third-order valence-corrected chi connectivity index (χ3v) is 6.19. The van der Waals surface area contributed by atoms with Crippen molar-refractivity contribution in [3.05, 3.63) is 82.0 Å². The first-order valence-electron chi connectivity index (χ1n) is 10.1. The normalized spacial score (nSPS) is 13.4. The largest absolute Gasteiger partial charge is 0.348 e. The highest BCUT2D eigenvalue weighted by atomic mass is 32.1. The first-order valence-corrected chi connectivity index (χ1v) is 11.0. The van der Waals surface area contributed by atoms with Crippen LogP contribution in [0.1, 0.15) is 40.2 Å². The van der Waals surface area contributed by atoms with Gasteiger partial charge in [0.2, 0.25) is 11.8 Å². The van der Waals surface area contributed by atoms with Crippen LogP contribution in [0.2, 0.25) is 0 Å². The number of nitrogens with zero attached hydrogens (tertiary/aromatic N) is 1. The second-order valence-electron chi connectivity index (χ2n) is 7.43. The quantitative estimate of drug-likeness (QED) is 0.613. The SMILES string of the molecule is CC(=O)NC(CC(=O)Nc1ccc(C(=O)N2CCc3ccccc32)cc1)c1cccs1. The Labute approximate surface area is 184 Å². The number of fused-ring (bicyclic) bond motifs is 1. The Kier molecular flexibility index (Phi) is 6.13. The second kappa shape index (κ2) is 9.14. The van der Waals surface area contributed by atoms with Gasteiger partial charge in [0.1, 0.15) is 0 Å². The van der Waals surface area contributed by atoms with Crippen molar-refractivity contribution < 1.29 is 14.4 Å². The lowest BCUT2D eigenvalue weighted by Crippen LogP contribution is -2.29. The Morgan fingerprint density at radius 3 is 2.52 bits per heavy atom. The number of thiophene rings is 1. The molecule has 0 saturated carbocycles. The van der Waals surface area contributed by atoms with Crippen molar-refractivity contribution >= 4 is 40.4 Å². The molecule has 0 aliphatic carbocycles. The molecule has 3 amide bonds. The molecule has 7 heteroatoms. The molecular formula is C24H23N3O3S. The van der Waals surface area contributed by atoms with E-state index in [4.69, 9.17) is 0 Å². The van der Waals surface area contributed by atoms with Crippen LogP contribution in [0, 0.1) is 0 Å². The van der Waals surface area contributed by atoms with E-state index in [9.17, 15) is 14.4 Å². The van der Waals surface area contributed by atoms with Crippen molar-refractivity contribution in [2.24, 2.45) is 0 Å². The smallest absolute Gasteiger partial charge is 0.258 e. The minimum atomic E-state index is -0.367. The number of amides is 3. The van der Waals surface area contributed by atoms with Gasteiger partial charge in [-0.1, -0.05) is 24.3 Å². The zero-order valence-electron chi connectivity index (χ0n) is 17.1. The van der Waals surface area contributed by atoms with Gasteiger partial charge in [-0.15, -0.1) is 11.3 Å². The first-order chi connectivity index (χ1) is 15.0. The highest BCUT2D eigenvalue weighted by molar-refractivity contribution is 7.10. The average Bonchev–Trinajstić information content (AvgIpc) is 3.43. The van der Waals surface area contributed by atoms with Gasteiger partial charge in [0, 0.05) is 35.3 Å². The zero-order valence-corrected chi connectivity index (χ0v) is 17.9. The lowest BCUT2D eigenvalue weighted by atomic mass is 10.1. The van der Waals surface area contributed by atoms with Crippen LogP contribution >= 0.6 is 11.3 Å². The molecule has 0 saturated heterocycles. The molecule has 1 atom stereocenters. The average molecular weight is 434 g/mol. The fraction of sp³-hybridized carbons (Fsp3) is 0.208. The number of hydrogen-bond acceptors (Lipinski definition) is 4. The molecule has 2 aromatic carbocycles. The van der Waals surface area contributed by atoms with Crippen LogP contribution < -0.4 is 15.5 Å². The van der Waals surface area contributed by atoms with Gasteiger partial charge < -0.3 is 15.5 Å². The Morgan fingerprint density at radius 1 is 1.03 bits per heavy atom. The standard InChI is InChI=1S/C24H23N3O3S/c1-16(28)25-20(22-7-4-14-31-22)15-23(29)26-19-10-8-18(9-11-19)24(30)27-13-12-17-5-2-3-6-21(17)27/h2-11,14,20H,12-13,15H2,1H3,(H,25,28)(H,26,29). The van der Waals surface area contributed by atoms with E-state index < -0.39 is 0 Å². The number of anilines is 2. The minimum absolute atomic E-state index is 0.0498. The van der Waals surface area contributed by atoms with Gasteiger partial charge in [-0.2, -0.15) is 0 Å². The molecule has 31 heavy (non-hydrogen) atoms. The van der Waals surface area contributed by atoms with Crippen LogP contribution in [-0.4, -0.2) is 24.3 Å². The van der Waals surface area contributed by atoms with E-state index in [1.807, 2.05) is 41.8 Å². The molecule has 0 spiro atoms. The molecule has 4 rings (SSSR count). The Bertz CT molecular complexity index is 1090. The molecule has 6 nitrogen and oxygen atoms in total. The van der Waals surface area contributed by atoms with Crippen molar-refractivity contribution in [2.75, 3.05) is 16.8 Å². The summed E-state index contributed by atoms with van der Waals surface area (Å²) in [7, 11) is 0. The van der Waals surface area contributed by atoms with E-state index in [-0.39, 0.29) is 30.2 Å². The monoisotopic (exact) mass is 433 g/mol. The van der Waals surface area contributed by atoms with Crippen molar-refractivity contribution in [1.29, 1.82) is 0 Å². The number of carbonyl (C=O) groups is 3. The van der Waals surface area contributed by atoms with E-state index in [1.165, 1.54) is 23.8 Å². The summed E-state index contributed by atoms with van der Waals surface area (Å²) < 4.78 is 0. The summed E-state index contributed by atoms with van der Waals surface area (Å²) in [5.74, 6) is -0.441. The van der Waals surface area contributed by atoms with Crippen LogP contribution in [0.25, 0.3) is 0 Å². The Hall–Kier alpha value is -3.45. The predicted molar refractivity (Wildman–Crippen MR) is 122 cm³/mol. The summed E-state index contributed by atoms with van der Waals surface area (Å²) in [5.41, 5.74) is 3.32. The molecule has 0 radical (unpaired) electrons. The molecule has 1 aliphatic heterocycles. The van der Waals surface area contributed by atoms with Gasteiger partial charge >= 0.3 is 0 Å². The number of rotatable bonds is 6. The van der Waals surface area contributed by atoms with Crippen molar-refractivity contribution in [2.45, 2.75) is 25.8 Å². The van der Waals surface area contributed by atoms with Gasteiger partial charge in [0.05, 0.1) is 12.5 Å². The van der Waals surface area contributed by atoms with Crippen LogP contribution in [0.4, 0.5) is 11.4 Å². The van der Waals surface area contributed by atoms with Crippen LogP contribution in [-0.2, 0) is 16.0 Å². The summed E-state index contributed by atoms with van der Waals surface area (Å²) in [5, 5.41) is 7.58. The summed E-state index contributed by atoms with van der Waals surface area (Å²) in [4.78, 5) is 39.7. The van der Waals surface area contributed by atoms with E-state index in [2.05, 4.69) is 10.6 Å². The highest BCUT2D eigenvalue weighted by Crippen LogP contribution is 2.29. The Balaban J connectivity index is 1.40. The van der Waals surface area contributed by atoms with Gasteiger partial charge in [0.25, 0.3) is 5.91 Å². The molecule has 3 aromatic rings. The maximum Gasteiger partial charge on any atom is 0.258 e. The maximum absolute atomic E-state index is 12.9. The molecule has 0 fully saturated rings. The molecule has 1 aromatic heterocycles. The predicted octanol–water partition coefficient (Wildman–Crippen LogP) is 4.16. The molecular weight excluding hydrogens is 410 g/mol. The number of hydrogen-bond donors (Lipinski definition) is 2. The number of carbonyl (C=O) groups excluding carboxylic acids is 3. The topological polar surface area (TPSA) is 78.5 Å². The van der Waals surface area contributed by atoms with Gasteiger partial charge in [-0.3, -0.25) is 14.4 Å². The summed E-state index contributed by atoms with van der Waals surface area (Å²) in [6.45, 7) is 2.11. The fourth-order valence-electron chi connectivity index (χ4n) is 3.76. The van der Waals surface area contributed by atoms with Gasteiger partial charge in [-0.25, -0.2) is 0 Å². The van der Waals surface area contributed by atoms with E-state index in [0.717, 1.165) is 17.0 Å². The van der Waals surface area contributed by atoms with Gasteiger partial charge in [-0.05, 0) is 53.8 Å². The van der Waals surface area contributed by atoms with E-state index in [0.29, 0.717) is 17.8 Å². The molecule has 0 bridgehead atoms. The molecule has 2 N–H and O–H groups in total. The summed E-state index contributed by atoms with van der Waals surface area (Å²) in [6, 6.07) is 18.3. The third kappa shape index (κ3) is 4.83. The second-order valence-corrected chi connectivity index (χ2v) is 8.41. The fourth-order valence-corrected chi connectivity index (χ4v) is 4.53. The first kappa shape index (κ1) is 20.8. The molecule has 1 aliphatic rings.